The maximum absolute atomic E-state index is 5.79. The molecule has 2 N–H and O–H groups in total. The lowest BCUT2D eigenvalue weighted by Crippen LogP contribution is -2.00. The van der Waals surface area contributed by atoms with Gasteiger partial charge in [0.2, 0.25) is 0 Å². The number of benzene rings is 1. The lowest BCUT2D eigenvalue weighted by molar-refractivity contribution is 0.184. The minimum atomic E-state index is 0.426. The Balaban J connectivity index is 2.20. The van der Waals surface area contributed by atoms with E-state index in [0.717, 1.165) is 16.9 Å². The normalized spacial score (nSPS) is 10.3. The summed E-state index contributed by atoms with van der Waals surface area (Å²) in [5.74, 6) is 1.45. The van der Waals surface area contributed by atoms with Crippen molar-refractivity contribution in [2.24, 2.45) is 5.73 Å². The number of methoxy groups -OCH3 is 1. The topological polar surface area (TPSA) is 57.4 Å². The molecule has 1 aromatic carbocycles. The van der Waals surface area contributed by atoms with Crippen LogP contribution in [0.25, 0.3) is 0 Å². The Hall–Kier alpha value is -1.91. The Morgan fingerprint density at radius 3 is 2.94 bits per heavy atom. The zero-order valence-corrected chi connectivity index (χ0v) is 10.3. The number of nitrogens with two attached hydrogens (primary N) is 1. The Bertz CT molecular complexity index is 515. The molecule has 0 aliphatic carbocycles. The molecule has 0 amide bonds. The Morgan fingerprint density at radius 1 is 1.28 bits per heavy atom. The molecule has 1 heterocycles. The van der Waals surface area contributed by atoms with E-state index in [2.05, 4.69) is 4.98 Å². The standard InChI is InChI=1S/C14H16N2O2/c1-17-10-11-3-2-4-13(7-11)18-14-9-16-6-5-12(14)8-15/h2-7,9H,8,10,15H2,1H3. The highest BCUT2D eigenvalue weighted by Crippen LogP contribution is 2.24. The molecular formula is C14H16N2O2. The SMILES string of the molecule is COCc1cccc(Oc2cnccc2CN)c1. The van der Waals surface area contributed by atoms with Crippen LogP contribution >= 0.6 is 0 Å². The summed E-state index contributed by atoms with van der Waals surface area (Å²) in [6.45, 7) is 0.990. The smallest absolute Gasteiger partial charge is 0.150 e. The van der Waals surface area contributed by atoms with Crippen molar-refractivity contribution in [3.8, 4) is 11.5 Å². The Kier molecular flexibility index (Phi) is 4.28. The number of nitrogens with zero attached hydrogens (tertiary/aromatic N) is 1. The highest BCUT2D eigenvalue weighted by atomic mass is 16.5. The number of aromatic nitrogens is 1. The molecule has 2 aromatic rings. The van der Waals surface area contributed by atoms with Crippen molar-refractivity contribution in [1.29, 1.82) is 0 Å². The third kappa shape index (κ3) is 3.06. The van der Waals surface area contributed by atoms with Crippen LogP contribution in [0.3, 0.4) is 0 Å². The predicted octanol–water partition coefficient (Wildman–Crippen LogP) is 2.48. The fraction of sp³-hybridized carbons (Fsp3) is 0.214. The Labute approximate surface area is 106 Å². The molecule has 0 atom stereocenters. The van der Waals surface area contributed by atoms with E-state index in [4.69, 9.17) is 15.2 Å². The zero-order chi connectivity index (χ0) is 12.8. The lowest BCUT2D eigenvalue weighted by atomic mass is 10.2. The quantitative estimate of drug-likeness (QED) is 0.877. The van der Waals surface area contributed by atoms with Crippen LogP contribution in [0.4, 0.5) is 0 Å². The average molecular weight is 244 g/mol. The van der Waals surface area contributed by atoms with E-state index in [9.17, 15) is 0 Å². The first kappa shape index (κ1) is 12.5. The molecule has 4 nitrogen and oxygen atoms in total. The first-order valence-electron chi connectivity index (χ1n) is 5.72. The second kappa shape index (κ2) is 6.14. The largest absolute Gasteiger partial charge is 0.455 e. The van der Waals surface area contributed by atoms with E-state index in [1.807, 2.05) is 30.3 Å². The third-order valence-corrected chi connectivity index (χ3v) is 2.53. The molecule has 0 radical (unpaired) electrons. The van der Waals surface area contributed by atoms with Crippen LogP contribution in [-0.4, -0.2) is 12.1 Å². The fourth-order valence-corrected chi connectivity index (χ4v) is 1.66. The van der Waals surface area contributed by atoms with E-state index >= 15 is 0 Å². The molecule has 0 fully saturated rings. The summed E-state index contributed by atoms with van der Waals surface area (Å²) in [4.78, 5) is 4.04. The van der Waals surface area contributed by atoms with E-state index in [0.29, 0.717) is 18.9 Å². The maximum Gasteiger partial charge on any atom is 0.150 e. The second-order valence-corrected chi connectivity index (χ2v) is 3.87. The third-order valence-electron chi connectivity index (χ3n) is 2.53. The highest BCUT2D eigenvalue weighted by molar-refractivity contribution is 5.36. The molecule has 4 heteroatoms. The van der Waals surface area contributed by atoms with Gasteiger partial charge in [-0.1, -0.05) is 12.1 Å². The highest BCUT2D eigenvalue weighted by Gasteiger charge is 2.04. The molecule has 0 bridgehead atoms. The predicted molar refractivity (Wildman–Crippen MR) is 69.4 cm³/mol. The van der Waals surface area contributed by atoms with Crippen molar-refractivity contribution < 1.29 is 9.47 Å². The summed E-state index contributed by atoms with van der Waals surface area (Å²) in [5.41, 5.74) is 7.65. The summed E-state index contributed by atoms with van der Waals surface area (Å²) >= 11 is 0. The number of hydrogen-bond acceptors (Lipinski definition) is 4. The van der Waals surface area contributed by atoms with Crippen LogP contribution in [0.15, 0.2) is 42.7 Å². The number of rotatable bonds is 5. The second-order valence-electron chi connectivity index (χ2n) is 3.87. The first-order chi connectivity index (χ1) is 8.83. The van der Waals surface area contributed by atoms with Crippen LogP contribution in [0.5, 0.6) is 11.5 Å². The van der Waals surface area contributed by atoms with Crippen LogP contribution in [0, 0.1) is 0 Å². The van der Waals surface area contributed by atoms with Gasteiger partial charge >= 0.3 is 0 Å². The first-order valence-corrected chi connectivity index (χ1v) is 5.72. The van der Waals surface area contributed by atoms with Crippen molar-refractivity contribution >= 4 is 0 Å². The van der Waals surface area contributed by atoms with Gasteiger partial charge in [0.25, 0.3) is 0 Å². The average Bonchev–Trinajstić information content (AvgIpc) is 2.40. The minimum absolute atomic E-state index is 0.426. The minimum Gasteiger partial charge on any atom is -0.455 e. The van der Waals surface area contributed by atoms with Crippen molar-refractivity contribution in [2.45, 2.75) is 13.2 Å². The van der Waals surface area contributed by atoms with Gasteiger partial charge in [0, 0.05) is 25.4 Å². The van der Waals surface area contributed by atoms with Gasteiger partial charge in [-0.15, -0.1) is 0 Å². The van der Waals surface area contributed by atoms with E-state index < -0.39 is 0 Å². The lowest BCUT2D eigenvalue weighted by Gasteiger charge is -2.10. The van der Waals surface area contributed by atoms with Crippen LogP contribution < -0.4 is 10.5 Å². The van der Waals surface area contributed by atoms with Crippen molar-refractivity contribution in [2.75, 3.05) is 7.11 Å². The molecule has 1 aromatic heterocycles. The summed E-state index contributed by atoms with van der Waals surface area (Å²) in [5, 5.41) is 0. The molecule has 0 unspecified atom stereocenters. The van der Waals surface area contributed by atoms with Gasteiger partial charge in [-0.3, -0.25) is 4.98 Å². The summed E-state index contributed by atoms with van der Waals surface area (Å²) < 4.78 is 10.9. The number of pyridine rings is 1. The molecule has 0 spiro atoms. The summed E-state index contributed by atoms with van der Waals surface area (Å²) in [7, 11) is 1.67. The fourth-order valence-electron chi connectivity index (χ4n) is 1.66. The number of ether oxygens (including phenoxy) is 2. The van der Waals surface area contributed by atoms with Crippen molar-refractivity contribution in [3.63, 3.8) is 0 Å². The maximum atomic E-state index is 5.79. The van der Waals surface area contributed by atoms with Gasteiger partial charge in [0.1, 0.15) is 11.5 Å². The zero-order valence-electron chi connectivity index (χ0n) is 10.3. The Morgan fingerprint density at radius 2 is 2.17 bits per heavy atom. The van der Waals surface area contributed by atoms with E-state index in [1.54, 1.807) is 19.5 Å². The van der Waals surface area contributed by atoms with Gasteiger partial charge in [0.15, 0.2) is 0 Å². The van der Waals surface area contributed by atoms with Crippen LogP contribution in [0.1, 0.15) is 11.1 Å². The summed E-state index contributed by atoms with van der Waals surface area (Å²) in [6, 6.07) is 9.61. The van der Waals surface area contributed by atoms with Gasteiger partial charge in [-0.25, -0.2) is 0 Å². The van der Waals surface area contributed by atoms with Gasteiger partial charge in [-0.2, -0.15) is 0 Å². The molecule has 0 aliphatic rings. The molecule has 0 saturated heterocycles. The number of hydrogen-bond donors (Lipinski definition) is 1. The van der Waals surface area contributed by atoms with Crippen molar-refractivity contribution in [3.05, 3.63) is 53.9 Å². The summed E-state index contributed by atoms with van der Waals surface area (Å²) in [6.07, 6.45) is 3.38. The van der Waals surface area contributed by atoms with E-state index in [1.165, 1.54) is 0 Å². The van der Waals surface area contributed by atoms with Crippen molar-refractivity contribution in [1.82, 2.24) is 4.98 Å². The van der Waals surface area contributed by atoms with Crippen LogP contribution in [0.2, 0.25) is 0 Å². The molecular weight excluding hydrogens is 228 g/mol. The monoisotopic (exact) mass is 244 g/mol. The van der Waals surface area contributed by atoms with Gasteiger partial charge in [-0.05, 0) is 23.8 Å². The van der Waals surface area contributed by atoms with Gasteiger partial charge in [0.05, 0.1) is 12.8 Å². The molecule has 0 aliphatic heterocycles. The molecule has 0 saturated carbocycles. The molecule has 18 heavy (non-hydrogen) atoms. The molecule has 94 valence electrons. The van der Waals surface area contributed by atoms with Crippen LogP contribution in [-0.2, 0) is 17.9 Å². The van der Waals surface area contributed by atoms with E-state index in [-0.39, 0.29) is 0 Å². The van der Waals surface area contributed by atoms with Gasteiger partial charge < -0.3 is 15.2 Å². The molecule has 2 rings (SSSR count).